The Kier molecular flexibility index (Phi) is 5.02. The van der Waals surface area contributed by atoms with E-state index in [0.29, 0.717) is 38.9 Å². The van der Waals surface area contributed by atoms with E-state index in [4.69, 9.17) is 4.52 Å². The summed E-state index contributed by atoms with van der Waals surface area (Å²) in [5.41, 5.74) is 4.76. The standard InChI is InChI=1S/C21H19N5O2S/c1-11-9-12(2)24-21(23-11)29-16-7-5-15(6-8-16)25-19(27)17-10-13(3)22-20-18(17)14(4)26-28-20/h5-10H,1-4H3,(H,25,27). The van der Waals surface area contributed by atoms with Crippen LogP contribution in [0.4, 0.5) is 5.69 Å². The van der Waals surface area contributed by atoms with Crippen LogP contribution in [0.5, 0.6) is 0 Å². The maximum Gasteiger partial charge on any atom is 0.258 e. The number of aromatic nitrogens is 4. The molecule has 0 spiro atoms. The number of rotatable bonds is 4. The molecule has 7 nitrogen and oxygen atoms in total. The van der Waals surface area contributed by atoms with Crippen molar-refractivity contribution in [3.8, 4) is 0 Å². The first-order valence-electron chi connectivity index (χ1n) is 9.04. The fourth-order valence-electron chi connectivity index (χ4n) is 3.05. The number of nitrogens with zero attached hydrogens (tertiary/aromatic N) is 4. The lowest BCUT2D eigenvalue weighted by atomic mass is 10.1. The Balaban J connectivity index is 1.53. The van der Waals surface area contributed by atoms with Crippen molar-refractivity contribution in [1.82, 2.24) is 20.1 Å². The minimum absolute atomic E-state index is 0.232. The second-order valence-corrected chi connectivity index (χ2v) is 7.81. The molecular formula is C21H19N5O2S. The maximum atomic E-state index is 12.8. The van der Waals surface area contributed by atoms with Crippen LogP contribution in [-0.2, 0) is 0 Å². The number of amides is 1. The van der Waals surface area contributed by atoms with E-state index in [2.05, 4.69) is 25.4 Å². The normalized spacial score (nSPS) is 11.0. The Labute approximate surface area is 172 Å². The van der Waals surface area contributed by atoms with Crippen molar-refractivity contribution >= 4 is 34.5 Å². The van der Waals surface area contributed by atoms with Crippen molar-refractivity contribution in [3.05, 3.63) is 64.7 Å². The summed E-state index contributed by atoms with van der Waals surface area (Å²) in [4.78, 5) is 27.0. The summed E-state index contributed by atoms with van der Waals surface area (Å²) in [7, 11) is 0. The molecule has 0 bridgehead atoms. The summed E-state index contributed by atoms with van der Waals surface area (Å²) in [5, 5.41) is 8.18. The molecule has 4 rings (SSSR count). The van der Waals surface area contributed by atoms with Gasteiger partial charge in [0.1, 0.15) is 0 Å². The Morgan fingerprint density at radius 2 is 1.59 bits per heavy atom. The van der Waals surface area contributed by atoms with Crippen LogP contribution in [0, 0.1) is 27.7 Å². The highest BCUT2D eigenvalue weighted by Gasteiger charge is 2.18. The van der Waals surface area contributed by atoms with Crippen LogP contribution in [0.3, 0.4) is 0 Å². The minimum Gasteiger partial charge on any atom is -0.336 e. The van der Waals surface area contributed by atoms with Gasteiger partial charge in [0.05, 0.1) is 16.6 Å². The second-order valence-electron chi connectivity index (χ2n) is 6.77. The van der Waals surface area contributed by atoms with Crippen LogP contribution in [0.25, 0.3) is 11.1 Å². The van der Waals surface area contributed by atoms with Gasteiger partial charge in [-0.05, 0) is 75.9 Å². The lowest BCUT2D eigenvalue weighted by Gasteiger charge is -2.08. The van der Waals surface area contributed by atoms with E-state index in [1.165, 1.54) is 11.8 Å². The Morgan fingerprint density at radius 1 is 0.931 bits per heavy atom. The van der Waals surface area contributed by atoms with Crippen LogP contribution in [0.2, 0.25) is 0 Å². The molecule has 0 aliphatic rings. The zero-order valence-corrected chi connectivity index (χ0v) is 17.3. The molecule has 0 aliphatic heterocycles. The molecule has 1 N–H and O–H groups in total. The Morgan fingerprint density at radius 3 is 2.28 bits per heavy atom. The maximum absolute atomic E-state index is 12.8. The molecule has 1 amide bonds. The molecule has 0 fully saturated rings. The van der Waals surface area contributed by atoms with Crippen molar-refractivity contribution in [2.24, 2.45) is 0 Å². The third-order valence-corrected chi connectivity index (χ3v) is 5.15. The zero-order chi connectivity index (χ0) is 20.5. The molecule has 29 heavy (non-hydrogen) atoms. The highest BCUT2D eigenvalue weighted by Crippen LogP contribution is 2.27. The third-order valence-electron chi connectivity index (χ3n) is 4.27. The smallest absolute Gasteiger partial charge is 0.258 e. The summed E-state index contributed by atoms with van der Waals surface area (Å²) in [6.07, 6.45) is 0. The molecular weight excluding hydrogens is 386 g/mol. The summed E-state index contributed by atoms with van der Waals surface area (Å²) in [6.45, 7) is 7.51. The summed E-state index contributed by atoms with van der Waals surface area (Å²) in [6, 6.07) is 11.3. The molecule has 3 heterocycles. The summed E-state index contributed by atoms with van der Waals surface area (Å²) >= 11 is 1.48. The molecule has 0 saturated heterocycles. The van der Waals surface area contributed by atoms with Gasteiger partial charge in [-0.1, -0.05) is 5.16 Å². The van der Waals surface area contributed by atoms with Crippen molar-refractivity contribution in [3.63, 3.8) is 0 Å². The fraction of sp³-hybridized carbons (Fsp3) is 0.190. The van der Waals surface area contributed by atoms with Gasteiger partial charge in [-0.3, -0.25) is 4.79 Å². The van der Waals surface area contributed by atoms with Crippen LogP contribution in [0.1, 0.15) is 33.1 Å². The van der Waals surface area contributed by atoms with Crippen LogP contribution < -0.4 is 5.32 Å². The van der Waals surface area contributed by atoms with Gasteiger partial charge in [0, 0.05) is 27.7 Å². The lowest BCUT2D eigenvalue weighted by Crippen LogP contribution is -2.13. The number of fused-ring (bicyclic) bond motifs is 1. The second kappa shape index (κ2) is 7.63. The number of carbonyl (C=O) groups is 1. The molecule has 1 aromatic carbocycles. The van der Waals surface area contributed by atoms with E-state index >= 15 is 0 Å². The average Bonchev–Trinajstić information content (AvgIpc) is 3.02. The van der Waals surface area contributed by atoms with Crippen LogP contribution in [0.15, 0.2) is 51.0 Å². The van der Waals surface area contributed by atoms with Gasteiger partial charge in [-0.2, -0.15) is 0 Å². The molecule has 0 saturated carbocycles. The van der Waals surface area contributed by atoms with E-state index < -0.39 is 0 Å². The lowest BCUT2D eigenvalue weighted by molar-refractivity contribution is 0.102. The number of nitrogens with one attached hydrogen (secondary N) is 1. The van der Waals surface area contributed by atoms with Crippen LogP contribution >= 0.6 is 11.8 Å². The van der Waals surface area contributed by atoms with Gasteiger partial charge in [0.2, 0.25) is 0 Å². The monoisotopic (exact) mass is 405 g/mol. The molecule has 4 aromatic rings. The zero-order valence-electron chi connectivity index (χ0n) is 16.5. The number of anilines is 1. The molecule has 0 unspecified atom stereocenters. The molecule has 0 aliphatic carbocycles. The highest BCUT2D eigenvalue weighted by molar-refractivity contribution is 7.99. The Bertz CT molecular complexity index is 1200. The third kappa shape index (κ3) is 4.12. The van der Waals surface area contributed by atoms with E-state index in [1.807, 2.05) is 51.1 Å². The average molecular weight is 405 g/mol. The van der Waals surface area contributed by atoms with Gasteiger partial charge in [0.25, 0.3) is 11.6 Å². The topological polar surface area (TPSA) is 93.8 Å². The number of pyridine rings is 1. The van der Waals surface area contributed by atoms with Crippen molar-refractivity contribution in [2.45, 2.75) is 37.7 Å². The van der Waals surface area contributed by atoms with E-state index in [1.54, 1.807) is 13.0 Å². The molecule has 146 valence electrons. The predicted molar refractivity (Wildman–Crippen MR) is 111 cm³/mol. The number of benzene rings is 1. The molecule has 8 heteroatoms. The van der Waals surface area contributed by atoms with E-state index in [-0.39, 0.29) is 5.91 Å². The summed E-state index contributed by atoms with van der Waals surface area (Å²) < 4.78 is 5.20. The number of hydrogen-bond donors (Lipinski definition) is 1. The largest absolute Gasteiger partial charge is 0.336 e. The quantitative estimate of drug-likeness (QED) is 0.494. The first-order valence-corrected chi connectivity index (χ1v) is 9.86. The molecule has 0 atom stereocenters. The number of carbonyl (C=O) groups excluding carboxylic acids is 1. The van der Waals surface area contributed by atoms with Crippen molar-refractivity contribution < 1.29 is 9.32 Å². The minimum atomic E-state index is -0.232. The van der Waals surface area contributed by atoms with Gasteiger partial charge in [-0.15, -0.1) is 0 Å². The van der Waals surface area contributed by atoms with Gasteiger partial charge < -0.3 is 9.84 Å². The molecule has 3 aromatic heterocycles. The van der Waals surface area contributed by atoms with Crippen molar-refractivity contribution in [2.75, 3.05) is 5.32 Å². The fourth-order valence-corrected chi connectivity index (χ4v) is 3.91. The van der Waals surface area contributed by atoms with E-state index in [9.17, 15) is 4.79 Å². The van der Waals surface area contributed by atoms with Gasteiger partial charge in [-0.25, -0.2) is 15.0 Å². The van der Waals surface area contributed by atoms with Gasteiger partial charge >= 0.3 is 0 Å². The van der Waals surface area contributed by atoms with E-state index in [0.717, 1.165) is 16.3 Å². The number of hydrogen-bond acceptors (Lipinski definition) is 7. The highest BCUT2D eigenvalue weighted by atomic mass is 32.2. The van der Waals surface area contributed by atoms with Gasteiger partial charge in [0.15, 0.2) is 5.16 Å². The summed E-state index contributed by atoms with van der Waals surface area (Å²) in [5.74, 6) is -0.232. The van der Waals surface area contributed by atoms with Crippen molar-refractivity contribution in [1.29, 1.82) is 0 Å². The Hall–Kier alpha value is -3.26. The van der Waals surface area contributed by atoms with Crippen LogP contribution in [-0.4, -0.2) is 26.0 Å². The number of aryl methyl sites for hydroxylation is 4. The predicted octanol–water partition coefficient (Wildman–Crippen LogP) is 4.65. The first-order chi connectivity index (χ1) is 13.9. The molecule has 0 radical (unpaired) electrons. The first kappa shape index (κ1) is 19.1. The SMILES string of the molecule is Cc1cc(C)nc(Sc2ccc(NC(=O)c3cc(C)nc4onc(C)c34)cc2)n1.